The molecule has 0 aliphatic rings. The van der Waals surface area contributed by atoms with Gasteiger partial charge in [0.25, 0.3) is 0 Å². The average molecular weight is 286 g/mol. The van der Waals surface area contributed by atoms with Gasteiger partial charge in [-0.25, -0.2) is 4.79 Å². The van der Waals surface area contributed by atoms with E-state index in [1.807, 2.05) is 12.1 Å². The standard InChI is InChI=1S/C17H22N2O2/c1-4-10-18-16-13-9-7-8-12(5-2)15(13)19-11-14(16)17(20)21-6-3/h7-9,11H,4-6,10H2,1-3H3,(H,18,19). The first kappa shape index (κ1) is 15.3. The molecule has 0 spiro atoms. The first-order valence-corrected chi connectivity index (χ1v) is 7.54. The molecular formula is C17H22N2O2. The Balaban J connectivity index is 2.61. The lowest BCUT2D eigenvalue weighted by Gasteiger charge is -2.14. The minimum absolute atomic E-state index is 0.326. The van der Waals surface area contributed by atoms with Crippen molar-refractivity contribution in [3.63, 3.8) is 0 Å². The Kier molecular flexibility index (Phi) is 5.14. The molecule has 4 heteroatoms. The van der Waals surface area contributed by atoms with Gasteiger partial charge in [-0.15, -0.1) is 0 Å². The highest BCUT2D eigenvalue weighted by molar-refractivity contribution is 6.05. The van der Waals surface area contributed by atoms with Crippen molar-refractivity contribution in [3.05, 3.63) is 35.5 Å². The quantitative estimate of drug-likeness (QED) is 0.821. The molecular weight excluding hydrogens is 264 g/mol. The molecule has 2 aromatic rings. The van der Waals surface area contributed by atoms with Crippen LogP contribution in [-0.2, 0) is 11.2 Å². The summed E-state index contributed by atoms with van der Waals surface area (Å²) in [7, 11) is 0. The number of esters is 1. The molecule has 4 nitrogen and oxygen atoms in total. The molecule has 1 N–H and O–H groups in total. The predicted molar refractivity (Wildman–Crippen MR) is 85.9 cm³/mol. The van der Waals surface area contributed by atoms with Gasteiger partial charge in [-0.2, -0.15) is 0 Å². The summed E-state index contributed by atoms with van der Waals surface area (Å²) in [6.45, 7) is 7.18. The molecule has 0 saturated heterocycles. The van der Waals surface area contributed by atoms with E-state index in [-0.39, 0.29) is 5.97 Å². The smallest absolute Gasteiger partial charge is 0.341 e. The molecule has 2 rings (SSSR count). The number of carbonyl (C=O) groups excluding carboxylic acids is 1. The molecule has 0 radical (unpaired) electrons. The number of carbonyl (C=O) groups is 1. The van der Waals surface area contributed by atoms with Gasteiger partial charge in [0, 0.05) is 18.1 Å². The van der Waals surface area contributed by atoms with Crippen LogP contribution in [-0.4, -0.2) is 24.1 Å². The largest absolute Gasteiger partial charge is 0.462 e. The Labute approximate surface area is 125 Å². The van der Waals surface area contributed by atoms with E-state index in [0.717, 1.165) is 36.0 Å². The highest BCUT2D eigenvalue weighted by Gasteiger charge is 2.17. The van der Waals surface area contributed by atoms with Gasteiger partial charge in [-0.3, -0.25) is 4.98 Å². The maximum atomic E-state index is 12.1. The zero-order valence-corrected chi connectivity index (χ0v) is 12.9. The fourth-order valence-electron chi connectivity index (χ4n) is 2.37. The molecule has 1 aromatic carbocycles. The van der Waals surface area contributed by atoms with Crippen LogP contribution >= 0.6 is 0 Å². The number of benzene rings is 1. The van der Waals surface area contributed by atoms with Gasteiger partial charge >= 0.3 is 5.97 Å². The lowest BCUT2D eigenvalue weighted by atomic mass is 10.0. The second kappa shape index (κ2) is 7.07. The van der Waals surface area contributed by atoms with E-state index in [1.165, 1.54) is 5.56 Å². The van der Waals surface area contributed by atoms with Crippen LogP contribution in [0.25, 0.3) is 10.9 Å². The number of hydrogen-bond donors (Lipinski definition) is 1. The van der Waals surface area contributed by atoms with Crippen molar-refractivity contribution in [2.24, 2.45) is 0 Å². The number of hydrogen-bond acceptors (Lipinski definition) is 4. The lowest BCUT2D eigenvalue weighted by Crippen LogP contribution is -2.12. The Morgan fingerprint density at radius 3 is 2.76 bits per heavy atom. The van der Waals surface area contributed by atoms with E-state index in [4.69, 9.17) is 4.74 Å². The van der Waals surface area contributed by atoms with Gasteiger partial charge in [0.05, 0.1) is 17.8 Å². The van der Waals surface area contributed by atoms with Crippen LogP contribution in [0, 0.1) is 0 Å². The van der Waals surface area contributed by atoms with Gasteiger partial charge in [0.1, 0.15) is 5.56 Å². The first-order valence-electron chi connectivity index (χ1n) is 7.54. The van der Waals surface area contributed by atoms with E-state index in [9.17, 15) is 4.79 Å². The normalized spacial score (nSPS) is 10.6. The van der Waals surface area contributed by atoms with Crippen LogP contribution in [0.4, 0.5) is 5.69 Å². The number of aromatic nitrogens is 1. The Bertz CT molecular complexity index is 638. The Hall–Kier alpha value is -2.10. The number of nitrogens with one attached hydrogen (secondary N) is 1. The molecule has 0 unspecified atom stereocenters. The van der Waals surface area contributed by atoms with E-state index >= 15 is 0 Å². The number of anilines is 1. The van der Waals surface area contributed by atoms with Crippen molar-refractivity contribution in [2.45, 2.75) is 33.6 Å². The van der Waals surface area contributed by atoms with Crippen molar-refractivity contribution in [3.8, 4) is 0 Å². The van der Waals surface area contributed by atoms with Gasteiger partial charge in [0.2, 0.25) is 0 Å². The van der Waals surface area contributed by atoms with Gasteiger partial charge < -0.3 is 10.1 Å². The predicted octanol–water partition coefficient (Wildman–Crippen LogP) is 3.80. The number of pyridine rings is 1. The molecule has 112 valence electrons. The highest BCUT2D eigenvalue weighted by atomic mass is 16.5. The van der Waals surface area contributed by atoms with Crippen molar-refractivity contribution in [1.82, 2.24) is 4.98 Å². The molecule has 1 aromatic heterocycles. The fourth-order valence-corrected chi connectivity index (χ4v) is 2.37. The van der Waals surface area contributed by atoms with Crippen LogP contribution in [0.5, 0.6) is 0 Å². The number of para-hydroxylation sites is 1. The maximum absolute atomic E-state index is 12.1. The van der Waals surface area contributed by atoms with Crippen LogP contribution in [0.1, 0.15) is 43.1 Å². The Morgan fingerprint density at radius 2 is 2.10 bits per heavy atom. The van der Waals surface area contributed by atoms with Gasteiger partial charge in [0.15, 0.2) is 0 Å². The fraction of sp³-hybridized carbons (Fsp3) is 0.412. The van der Waals surface area contributed by atoms with Crippen LogP contribution < -0.4 is 5.32 Å². The summed E-state index contributed by atoms with van der Waals surface area (Å²) in [6.07, 6.45) is 3.52. The summed E-state index contributed by atoms with van der Waals surface area (Å²) in [5.74, 6) is -0.326. The van der Waals surface area contributed by atoms with Crippen LogP contribution in [0.2, 0.25) is 0 Å². The second-order valence-electron chi connectivity index (χ2n) is 4.86. The molecule has 21 heavy (non-hydrogen) atoms. The number of aryl methyl sites for hydroxylation is 1. The molecule has 0 saturated carbocycles. The van der Waals surface area contributed by atoms with E-state index in [1.54, 1.807) is 13.1 Å². The molecule has 1 heterocycles. The molecule has 0 aliphatic carbocycles. The third kappa shape index (κ3) is 3.15. The number of fused-ring (bicyclic) bond motifs is 1. The Morgan fingerprint density at radius 1 is 1.29 bits per heavy atom. The first-order chi connectivity index (χ1) is 10.2. The second-order valence-corrected chi connectivity index (χ2v) is 4.86. The highest BCUT2D eigenvalue weighted by Crippen LogP contribution is 2.28. The number of nitrogens with zero attached hydrogens (tertiary/aromatic N) is 1. The zero-order chi connectivity index (χ0) is 15.2. The summed E-state index contributed by atoms with van der Waals surface area (Å²) in [4.78, 5) is 16.6. The molecule has 0 aliphatic heterocycles. The van der Waals surface area contributed by atoms with Crippen molar-refractivity contribution in [2.75, 3.05) is 18.5 Å². The topological polar surface area (TPSA) is 51.2 Å². The molecule has 0 amide bonds. The minimum Gasteiger partial charge on any atom is -0.462 e. The third-order valence-corrected chi connectivity index (χ3v) is 3.41. The van der Waals surface area contributed by atoms with Crippen molar-refractivity contribution in [1.29, 1.82) is 0 Å². The average Bonchev–Trinajstić information content (AvgIpc) is 2.51. The molecule has 0 fully saturated rings. The lowest BCUT2D eigenvalue weighted by molar-refractivity contribution is 0.0527. The summed E-state index contributed by atoms with van der Waals surface area (Å²) in [5, 5.41) is 4.34. The minimum atomic E-state index is -0.326. The van der Waals surface area contributed by atoms with Crippen LogP contribution in [0.15, 0.2) is 24.4 Å². The summed E-state index contributed by atoms with van der Waals surface area (Å²) in [6, 6.07) is 6.08. The summed E-state index contributed by atoms with van der Waals surface area (Å²) >= 11 is 0. The number of rotatable bonds is 6. The molecule has 0 atom stereocenters. The van der Waals surface area contributed by atoms with Crippen LogP contribution in [0.3, 0.4) is 0 Å². The SMILES string of the molecule is CCCNc1c(C(=O)OCC)cnc2c(CC)cccc12. The summed E-state index contributed by atoms with van der Waals surface area (Å²) < 4.78 is 5.14. The summed E-state index contributed by atoms with van der Waals surface area (Å²) in [5.41, 5.74) is 3.47. The van der Waals surface area contributed by atoms with E-state index in [2.05, 4.69) is 30.2 Å². The van der Waals surface area contributed by atoms with Crippen molar-refractivity contribution < 1.29 is 9.53 Å². The van der Waals surface area contributed by atoms with E-state index < -0.39 is 0 Å². The molecule has 0 bridgehead atoms. The number of ether oxygens (including phenoxy) is 1. The van der Waals surface area contributed by atoms with Gasteiger partial charge in [-0.1, -0.05) is 32.0 Å². The zero-order valence-electron chi connectivity index (χ0n) is 12.9. The monoisotopic (exact) mass is 286 g/mol. The van der Waals surface area contributed by atoms with Gasteiger partial charge in [-0.05, 0) is 25.3 Å². The van der Waals surface area contributed by atoms with E-state index in [0.29, 0.717) is 12.2 Å². The van der Waals surface area contributed by atoms with Crippen molar-refractivity contribution >= 4 is 22.6 Å². The maximum Gasteiger partial charge on any atom is 0.341 e. The third-order valence-electron chi connectivity index (χ3n) is 3.41.